The molecule has 2 aromatic rings. The number of H-pyrrole nitrogens is 1. The maximum atomic E-state index is 13.4. The van der Waals surface area contributed by atoms with Gasteiger partial charge in [-0.15, -0.1) is 0 Å². The van der Waals surface area contributed by atoms with Gasteiger partial charge in [-0.05, 0) is 50.8 Å². The van der Waals surface area contributed by atoms with Gasteiger partial charge in [0.25, 0.3) is 5.91 Å². The average Bonchev–Trinajstić information content (AvgIpc) is 3.22. The van der Waals surface area contributed by atoms with Crippen LogP contribution in [0, 0.1) is 0 Å². The van der Waals surface area contributed by atoms with E-state index in [1.807, 2.05) is 34.1 Å². The fourth-order valence-electron chi connectivity index (χ4n) is 5.02. The van der Waals surface area contributed by atoms with E-state index in [2.05, 4.69) is 17.1 Å². The second kappa shape index (κ2) is 7.54. The molecule has 1 aromatic heterocycles. The number of nitrogens with one attached hydrogen (secondary N) is 1. The number of carbonyl (C=O) groups excluding carboxylic acids is 2. The van der Waals surface area contributed by atoms with Gasteiger partial charge >= 0.3 is 0 Å². The summed E-state index contributed by atoms with van der Waals surface area (Å²) >= 11 is 0. The highest BCUT2D eigenvalue weighted by Crippen LogP contribution is 2.39. The topological polar surface area (TPSA) is 78.5 Å². The SMILES string of the molecule is COc1cccc(-c2cc(C(=O)N3CCC[C@@]4(C)[C@@H]3CCCN4C(C)=O)[nH]n2)c1. The number of aromatic amines is 1. The molecule has 0 spiro atoms. The minimum absolute atomic E-state index is 0.0324. The molecule has 0 aliphatic carbocycles. The van der Waals surface area contributed by atoms with Gasteiger partial charge in [0.05, 0.1) is 24.4 Å². The minimum Gasteiger partial charge on any atom is -0.497 e. The summed E-state index contributed by atoms with van der Waals surface area (Å²) in [5.41, 5.74) is 1.78. The van der Waals surface area contributed by atoms with Crippen LogP contribution in [0.25, 0.3) is 11.3 Å². The number of nitrogens with zero attached hydrogens (tertiary/aromatic N) is 3. The van der Waals surface area contributed by atoms with Gasteiger partial charge in [0.2, 0.25) is 5.91 Å². The van der Waals surface area contributed by atoms with Crippen LogP contribution in [-0.4, -0.2) is 63.6 Å². The molecule has 0 unspecified atom stereocenters. The number of likely N-dealkylation sites (tertiary alicyclic amines) is 2. The summed E-state index contributed by atoms with van der Waals surface area (Å²) in [6.45, 7) is 5.24. The number of ether oxygens (including phenoxy) is 1. The first-order chi connectivity index (χ1) is 13.9. The summed E-state index contributed by atoms with van der Waals surface area (Å²) in [7, 11) is 1.63. The molecule has 154 valence electrons. The smallest absolute Gasteiger partial charge is 0.272 e. The molecular formula is C22H28N4O3. The molecule has 2 aliphatic heterocycles. The molecule has 2 aliphatic rings. The first kappa shape index (κ1) is 19.5. The van der Waals surface area contributed by atoms with E-state index in [0.717, 1.165) is 43.5 Å². The summed E-state index contributed by atoms with van der Waals surface area (Å²) in [6, 6.07) is 9.45. The van der Waals surface area contributed by atoms with E-state index in [-0.39, 0.29) is 23.4 Å². The third-order valence-corrected chi connectivity index (χ3v) is 6.47. The maximum absolute atomic E-state index is 13.4. The zero-order valence-electron chi connectivity index (χ0n) is 17.3. The van der Waals surface area contributed by atoms with Crippen LogP contribution in [-0.2, 0) is 4.79 Å². The van der Waals surface area contributed by atoms with Gasteiger partial charge in [-0.25, -0.2) is 0 Å². The Hall–Kier alpha value is -2.83. The molecule has 7 nitrogen and oxygen atoms in total. The Kier molecular flexibility index (Phi) is 5.06. The number of amides is 2. The van der Waals surface area contributed by atoms with Crippen molar-refractivity contribution in [1.82, 2.24) is 20.0 Å². The van der Waals surface area contributed by atoms with Gasteiger partial charge < -0.3 is 14.5 Å². The highest BCUT2D eigenvalue weighted by Gasteiger charge is 2.49. The van der Waals surface area contributed by atoms with E-state index in [9.17, 15) is 9.59 Å². The predicted molar refractivity (Wildman–Crippen MR) is 110 cm³/mol. The molecule has 0 bridgehead atoms. The number of carbonyl (C=O) groups is 2. The third-order valence-electron chi connectivity index (χ3n) is 6.47. The first-order valence-corrected chi connectivity index (χ1v) is 10.2. The molecule has 29 heavy (non-hydrogen) atoms. The number of rotatable bonds is 3. The zero-order chi connectivity index (χ0) is 20.6. The van der Waals surface area contributed by atoms with Crippen LogP contribution >= 0.6 is 0 Å². The van der Waals surface area contributed by atoms with Gasteiger partial charge in [0.15, 0.2) is 0 Å². The van der Waals surface area contributed by atoms with Crippen LogP contribution < -0.4 is 4.74 Å². The first-order valence-electron chi connectivity index (χ1n) is 10.2. The lowest BCUT2D eigenvalue weighted by Crippen LogP contribution is -2.68. The van der Waals surface area contributed by atoms with Gasteiger partial charge in [0, 0.05) is 25.6 Å². The summed E-state index contributed by atoms with van der Waals surface area (Å²) in [4.78, 5) is 29.5. The van der Waals surface area contributed by atoms with Crippen molar-refractivity contribution < 1.29 is 14.3 Å². The van der Waals surface area contributed by atoms with Crippen molar-refractivity contribution in [3.8, 4) is 17.0 Å². The molecule has 0 saturated carbocycles. The Bertz CT molecular complexity index is 924. The molecular weight excluding hydrogens is 368 g/mol. The van der Waals surface area contributed by atoms with Crippen molar-refractivity contribution in [2.45, 2.75) is 51.1 Å². The molecule has 1 aromatic carbocycles. The Morgan fingerprint density at radius 1 is 1.24 bits per heavy atom. The second-order valence-electron chi connectivity index (χ2n) is 8.19. The van der Waals surface area contributed by atoms with Crippen molar-refractivity contribution in [2.24, 2.45) is 0 Å². The van der Waals surface area contributed by atoms with Gasteiger partial charge in [0.1, 0.15) is 11.4 Å². The average molecular weight is 396 g/mol. The van der Waals surface area contributed by atoms with E-state index < -0.39 is 0 Å². The largest absolute Gasteiger partial charge is 0.497 e. The molecule has 7 heteroatoms. The number of fused-ring (bicyclic) bond motifs is 1. The Morgan fingerprint density at radius 3 is 2.83 bits per heavy atom. The van der Waals surface area contributed by atoms with Gasteiger partial charge in [-0.3, -0.25) is 14.7 Å². The minimum atomic E-state index is -0.298. The van der Waals surface area contributed by atoms with Gasteiger partial charge in [-0.1, -0.05) is 12.1 Å². The molecule has 2 fully saturated rings. The summed E-state index contributed by atoms with van der Waals surface area (Å²) in [6.07, 6.45) is 3.66. The van der Waals surface area contributed by atoms with Crippen molar-refractivity contribution in [2.75, 3.05) is 20.2 Å². The van der Waals surface area contributed by atoms with Crippen molar-refractivity contribution in [1.29, 1.82) is 0 Å². The summed E-state index contributed by atoms with van der Waals surface area (Å²) in [5, 5.41) is 7.27. The Balaban J connectivity index is 1.59. The van der Waals surface area contributed by atoms with Crippen molar-refractivity contribution >= 4 is 11.8 Å². The quantitative estimate of drug-likeness (QED) is 0.865. The monoisotopic (exact) mass is 396 g/mol. The van der Waals surface area contributed by atoms with Crippen molar-refractivity contribution in [3.63, 3.8) is 0 Å². The van der Waals surface area contributed by atoms with Crippen LogP contribution in [0.3, 0.4) is 0 Å². The number of piperidine rings is 2. The number of methoxy groups -OCH3 is 1. The molecule has 2 amide bonds. The molecule has 1 N–H and O–H groups in total. The van der Waals surface area contributed by atoms with Crippen LogP contribution in [0.5, 0.6) is 5.75 Å². The second-order valence-corrected chi connectivity index (χ2v) is 8.19. The maximum Gasteiger partial charge on any atom is 0.272 e. The van der Waals surface area contributed by atoms with Crippen LogP contribution in [0.4, 0.5) is 0 Å². The molecule has 0 radical (unpaired) electrons. The molecule has 4 rings (SSSR count). The normalized spacial score (nSPS) is 24.2. The van der Waals surface area contributed by atoms with Crippen molar-refractivity contribution in [3.05, 3.63) is 36.0 Å². The van der Waals surface area contributed by atoms with E-state index >= 15 is 0 Å². The van der Waals surface area contributed by atoms with Gasteiger partial charge in [-0.2, -0.15) is 5.10 Å². The number of benzene rings is 1. The highest BCUT2D eigenvalue weighted by atomic mass is 16.5. The summed E-state index contributed by atoms with van der Waals surface area (Å²) in [5.74, 6) is 0.790. The fourth-order valence-corrected chi connectivity index (χ4v) is 5.02. The summed E-state index contributed by atoms with van der Waals surface area (Å²) < 4.78 is 5.28. The number of hydrogen-bond donors (Lipinski definition) is 1. The van der Waals surface area contributed by atoms with E-state index in [1.165, 1.54) is 0 Å². The van der Waals surface area contributed by atoms with Crippen LogP contribution in [0.15, 0.2) is 30.3 Å². The standard InChI is InChI=1S/C22H28N4O3/c1-15(27)26-12-5-9-20-22(26,2)10-6-11-25(20)21(28)19-14-18(23-24-19)16-7-4-8-17(13-16)29-3/h4,7-8,13-14,20H,5-6,9-12H2,1-3H3,(H,23,24)/t20-,22-/m0/s1. The zero-order valence-corrected chi connectivity index (χ0v) is 17.3. The van der Waals surface area contributed by atoms with E-state index in [1.54, 1.807) is 20.1 Å². The number of hydrogen-bond acceptors (Lipinski definition) is 4. The molecule has 2 saturated heterocycles. The van der Waals surface area contributed by atoms with E-state index in [0.29, 0.717) is 17.9 Å². The number of aromatic nitrogens is 2. The molecule has 2 atom stereocenters. The van der Waals surface area contributed by atoms with E-state index in [4.69, 9.17) is 4.74 Å². The van der Waals surface area contributed by atoms with Crippen LogP contribution in [0.2, 0.25) is 0 Å². The lowest BCUT2D eigenvalue weighted by molar-refractivity contribution is -0.143. The highest BCUT2D eigenvalue weighted by molar-refractivity contribution is 5.94. The lowest BCUT2D eigenvalue weighted by atomic mass is 9.76. The predicted octanol–water partition coefficient (Wildman–Crippen LogP) is 3.09. The lowest BCUT2D eigenvalue weighted by Gasteiger charge is -2.56. The fraction of sp³-hybridized carbons (Fsp3) is 0.500. The Labute approximate surface area is 171 Å². The molecule has 3 heterocycles. The van der Waals surface area contributed by atoms with Crippen LogP contribution in [0.1, 0.15) is 50.0 Å². The third kappa shape index (κ3) is 3.39. The Morgan fingerprint density at radius 2 is 2.07 bits per heavy atom.